The fraction of sp³-hybridized carbons (Fsp3) is 0.406. The molecule has 1 aliphatic rings. The van der Waals surface area contributed by atoms with Crippen molar-refractivity contribution >= 4 is 23.7 Å². The van der Waals surface area contributed by atoms with E-state index in [2.05, 4.69) is 25.9 Å². The summed E-state index contributed by atoms with van der Waals surface area (Å²) in [5.74, 6) is -0.842. The minimum Gasteiger partial charge on any atom is -0.481 e. The number of nitrogens with zero attached hydrogens (tertiary/aromatic N) is 2. The molecular weight excluding hydrogens is 518 g/mol. The van der Waals surface area contributed by atoms with E-state index in [4.69, 9.17) is 0 Å². The zero-order chi connectivity index (χ0) is 28.9. The highest BCUT2D eigenvalue weighted by Crippen LogP contribution is 2.44. The molecule has 0 bridgehead atoms. The van der Waals surface area contributed by atoms with Gasteiger partial charge >= 0.3 is 5.97 Å². The van der Waals surface area contributed by atoms with E-state index in [-0.39, 0.29) is 24.7 Å². The maximum absolute atomic E-state index is 13.3. The lowest BCUT2D eigenvalue weighted by molar-refractivity contribution is -0.140. The Balaban J connectivity index is 1.35. The summed E-state index contributed by atoms with van der Waals surface area (Å²) in [5, 5.41) is 18.5. The molecule has 2 aromatic carbocycles. The number of carbonyl (C=O) groups excluding carboxylic acids is 2. The smallest absolute Gasteiger partial charge is 0.303 e. The van der Waals surface area contributed by atoms with Gasteiger partial charge in [-0.25, -0.2) is 9.97 Å². The maximum Gasteiger partial charge on any atom is 0.303 e. The van der Waals surface area contributed by atoms with Crippen molar-refractivity contribution in [1.82, 2.24) is 20.6 Å². The summed E-state index contributed by atoms with van der Waals surface area (Å²) in [6.45, 7) is 1.15. The van der Waals surface area contributed by atoms with Gasteiger partial charge in [0.15, 0.2) is 0 Å². The van der Waals surface area contributed by atoms with Crippen LogP contribution in [0.2, 0.25) is 0 Å². The Morgan fingerprint density at radius 1 is 0.829 bits per heavy atom. The molecule has 2 amide bonds. The standard InChI is InChI=1S/C32H39N5O4/c38-28(22-32(23-29(39)40)15-4-5-16-32)37-27(21-24-11-13-26(14-12-24)25-9-2-1-3-10-25)30(41)33-17-6-7-18-34-31-35-19-8-20-36-31/h1-3,8-14,19-20,27H,4-7,15-18,21-23H2,(H,33,41)(H,37,38)(H,39,40)(H,34,35,36)/t27-/m0/s1. The van der Waals surface area contributed by atoms with Crippen molar-refractivity contribution in [3.05, 3.63) is 78.6 Å². The SMILES string of the molecule is O=C(O)CC1(CC(=O)N[C@@H](Cc2ccc(-c3ccccc3)cc2)C(=O)NCCCCNc2ncccn2)CCCC1. The van der Waals surface area contributed by atoms with Gasteiger partial charge in [-0.2, -0.15) is 0 Å². The Bertz CT molecular complexity index is 1260. The summed E-state index contributed by atoms with van der Waals surface area (Å²) in [6.07, 6.45) is 8.61. The van der Waals surface area contributed by atoms with Gasteiger partial charge in [0, 0.05) is 38.3 Å². The van der Waals surface area contributed by atoms with Crippen LogP contribution in [-0.4, -0.2) is 52.0 Å². The van der Waals surface area contributed by atoms with E-state index in [1.807, 2.05) is 54.6 Å². The van der Waals surface area contributed by atoms with Crippen molar-refractivity contribution in [1.29, 1.82) is 0 Å². The third-order valence-corrected chi connectivity index (χ3v) is 7.63. The molecule has 0 unspecified atom stereocenters. The quantitative estimate of drug-likeness (QED) is 0.201. The topological polar surface area (TPSA) is 133 Å². The minimum atomic E-state index is -0.888. The fourth-order valence-corrected chi connectivity index (χ4v) is 5.53. The van der Waals surface area contributed by atoms with Crippen LogP contribution in [0.4, 0.5) is 5.95 Å². The van der Waals surface area contributed by atoms with Crippen molar-refractivity contribution in [2.75, 3.05) is 18.4 Å². The first-order valence-corrected chi connectivity index (χ1v) is 14.4. The fourth-order valence-electron chi connectivity index (χ4n) is 5.53. The largest absolute Gasteiger partial charge is 0.481 e. The van der Waals surface area contributed by atoms with Gasteiger partial charge in [-0.05, 0) is 53.9 Å². The first-order chi connectivity index (χ1) is 19.9. The molecule has 0 spiro atoms. The molecule has 1 atom stereocenters. The van der Waals surface area contributed by atoms with Crippen molar-refractivity contribution < 1.29 is 19.5 Å². The number of hydrogen-bond acceptors (Lipinski definition) is 6. The zero-order valence-corrected chi connectivity index (χ0v) is 23.4. The van der Waals surface area contributed by atoms with E-state index in [0.29, 0.717) is 38.3 Å². The molecule has 0 saturated heterocycles. The number of benzene rings is 2. The summed E-state index contributed by atoms with van der Waals surface area (Å²) in [7, 11) is 0. The van der Waals surface area contributed by atoms with Crippen LogP contribution in [0.1, 0.15) is 56.9 Å². The molecule has 0 radical (unpaired) electrons. The van der Waals surface area contributed by atoms with Crippen LogP contribution >= 0.6 is 0 Å². The van der Waals surface area contributed by atoms with Crippen LogP contribution < -0.4 is 16.0 Å². The van der Waals surface area contributed by atoms with Crippen LogP contribution in [0.25, 0.3) is 11.1 Å². The number of aromatic nitrogens is 2. The van der Waals surface area contributed by atoms with Crippen LogP contribution in [0.3, 0.4) is 0 Å². The first kappa shape index (κ1) is 29.7. The molecule has 3 aromatic rings. The van der Waals surface area contributed by atoms with Crippen LogP contribution in [-0.2, 0) is 20.8 Å². The number of carboxylic acid groups (broad SMARTS) is 1. The van der Waals surface area contributed by atoms with E-state index in [1.54, 1.807) is 18.5 Å². The van der Waals surface area contributed by atoms with Gasteiger partial charge in [-0.1, -0.05) is 67.4 Å². The predicted molar refractivity (Wildman–Crippen MR) is 158 cm³/mol. The molecule has 1 aromatic heterocycles. The highest BCUT2D eigenvalue weighted by atomic mass is 16.4. The summed E-state index contributed by atoms with van der Waals surface area (Å²) in [6, 6.07) is 19.0. The van der Waals surface area contributed by atoms with E-state index < -0.39 is 17.4 Å². The summed E-state index contributed by atoms with van der Waals surface area (Å²) in [4.78, 5) is 46.2. The number of rotatable bonds is 15. The Hall–Kier alpha value is -4.27. The third-order valence-electron chi connectivity index (χ3n) is 7.63. The molecule has 1 fully saturated rings. The van der Waals surface area contributed by atoms with E-state index in [1.165, 1.54) is 0 Å². The number of anilines is 1. The summed E-state index contributed by atoms with van der Waals surface area (Å²) >= 11 is 0. The molecule has 9 heteroatoms. The minimum absolute atomic E-state index is 0.0275. The monoisotopic (exact) mass is 557 g/mol. The molecule has 4 rings (SSSR count). The summed E-state index contributed by atoms with van der Waals surface area (Å²) < 4.78 is 0. The number of hydrogen-bond donors (Lipinski definition) is 4. The average molecular weight is 558 g/mol. The van der Waals surface area contributed by atoms with Crippen molar-refractivity contribution in [3.63, 3.8) is 0 Å². The lowest BCUT2D eigenvalue weighted by atomic mass is 9.79. The number of carboxylic acids is 1. The maximum atomic E-state index is 13.3. The number of nitrogens with one attached hydrogen (secondary N) is 3. The van der Waals surface area contributed by atoms with Gasteiger partial charge in [0.2, 0.25) is 17.8 Å². The van der Waals surface area contributed by atoms with Crippen LogP contribution in [0.5, 0.6) is 0 Å². The molecular formula is C32H39N5O4. The normalized spacial score (nSPS) is 14.6. The molecule has 0 aliphatic heterocycles. The molecule has 216 valence electrons. The van der Waals surface area contributed by atoms with Gasteiger partial charge in [-0.3, -0.25) is 14.4 Å². The number of amides is 2. The van der Waals surface area contributed by atoms with Crippen molar-refractivity contribution in [3.8, 4) is 11.1 Å². The molecule has 9 nitrogen and oxygen atoms in total. The average Bonchev–Trinajstić information content (AvgIpc) is 3.42. The number of unbranched alkanes of at least 4 members (excludes halogenated alkanes) is 1. The van der Waals surface area contributed by atoms with Crippen molar-refractivity contribution in [2.45, 2.75) is 63.8 Å². The molecule has 41 heavy (non-hydrogen) atoms. The molecule has 1 saturated carbocycles. The Kier molecular flexibility index (Phi) is 10.8. The predicted octanol–water partition coefficient (Wildman–Crippen LogP) is 4.60. The van der Waals surface area contributed by atoms with E-state index >= 15 is 0 Å². The van der Waals surface area contributed by atoms with Crippen LogP contribution in [0, 0.1) is 5.41 Å². The Labute approximate surface area is 241 Å². The number of aliphatic carboxylic acids is 1. The number of carbonyl (C=O) groups is 3. The highest BCUT2D eigenvalue weighted by molar-refractivity contribution is 5.88. The first-order valence-electron chi connectivity index (χ1n) is 14.4. The zero-order valence-electron chi connectivity index (χ0n) is 23.4. The lowest BCUT2D eigenvalue weighted by Crippen LogP contribution is -2.49. The second-order valence-corrected chi connectivity index (χ2v) is 10.8. The third kappa shape index (κ3) is 9.41. The van der Waals surface area contributed by atoms with E-state index in [9.17, 15) is 19.5 Å². The Morgan fingerprint density at radius 3 is 2.17 bits per heavy atom. The lowest BCUT2D eigenvalue weighted by Gasteiger charge is -2.27. The molecule has 1 aliphatic carbocycles. The Morgan fingerprint density at radius 2 is 1.49 bits per heavy atom. The van der Waals surface area contributed by atoms with Gasteiger partial charge in [0.1, 0.15) is 6.04 Å². The second kappa shape index (κ2) is 14.9. The highest BCUT2D eigenvalue weighted by Gasteiger charge is 2.38. The van der Waals surface area contributed by atoms with Gasteiger partial charge < -0.3 is 21.1 Å². The van der Waals surface area contributed by atoms with Gasteiger partial charge in [0.05, 0.1) is 6.42 Å². The molecule has 1 heterocycles. The van der Waals surface area contributed by atoms with Crippen LogP contribution in [0.15, 0.2) is 73.1 Å². The molecule has 4 N–H and O–H groups in total. The second-order valence-electron chi connectivity index (χ2n) is 10.8. The van der Waals surface area contributed by atoms with E-state index in [0.717, 1.165) is 42.4 Å². The van der Waals surface area contributed by atoms with Crippen molar-refractivity contribution in [2.24, 2.45) is 5.41 Å². The van der Waals surface area contributed by atoms with Gasteiger partial charge in [0.25, 0.3) is 0 Å². The van der Waals surface area contributed by atoms with Gasteiger partial charge in [-0.15, -0.1) is 0 Å². The summed E-state index contributed by atoms with van der Waals surface area (Å²) in [5.41, 5.74) is 2.57.